The third-order valence-corrected chi connectivity index (χ3v) is 3.64. The Morgan fingerprint density at radius 1 is 1.16 bits per heavy atom. The van der Waals surface area contributed by atoms with E-state index in [1.165, 1.54) is 0 Å². The van der Waals surface area contributed by atoms with E-state index in [2.05, 4.69) is 17.9 Å². The maximum absolute atomic E-state index is 12.2. The van der Waals surface area contributed by atoms with Crippen molar-refractivity contribution in [2.75, 3.05) is 5.32 Å². The molecule has 1 aliphatic rings. The number of amides is 1. The van der Waals surface area contributed by atoms with Gasteiger partial charge in [0.2, 0.25) is 5.91 Å². The summed E-state index contributed by atoms with van der Waals surface area (Å²) in [6.07, 6.45) is 4.53. The number of carbonyl (C=O) groups excluding carboxylic acids is 1. The summed E-state index contributed by atoms with van der Waals surface area (Å²) in [6, 6.07) is 7.13. The Kier molecular flexibility index (Phi) is 4.27. The number of thiol groups is 1. The van der Waals surface area contributed by atoms with Crippen LogP contribution in [-0.2, 0) is 9.59 Å². The van der Waals surface area contributed by atoms with Crippen LogP contribution < -0.4 is 5.32 Å². The van der Waals surface area contributed by atoms with Gasteiger partial charge in [-0.1, -0.05) is 24.3 Å². The summed E-state index contributed by atoms with van der Waals surface area (Å²) in [6.45, 7) is 0. The van der Waals surface area contributed by atoms with Crippen LogP contribution in [0.5, 0.6) is 0 Å². The number of hydrogen-bond acceptors (Lipinski definition) is 3. The lowest BCUT2D eigenvalue weighted by Gasteiger charge is -2.24. The number of carboxylic acid groups (broad SMARTS) is 1. The summed E-state index contributed by atoms with van der Waals surface area (Å²) >= 11 is 4.25. The summed E-state index contributed by atoms with van der Waals surface area (Å²) in [5.41, 5.74) is 0.606. The topological polar surface area (TPSA) is 66.4 Å². The number of hydrogen-bond donors (Lipinski definition) is 3. The van der Waals surface area contributed by atoms with Crippen LogP contribution in [-0.4, -0.2) is 17.0 Å². The van der Waals surface area contributed by atoms with Crippen molar-refractivity contribution in [2.45, 2.75) is 17.7 Å². The predicted molar refractivity (Wildman–Crippen MR) is 75.3 cm³/mol. The van der Waals surface area contributed by atoms with Gasteiger partial charge in [0, 0.05) is 4.90 Å². The average molecular weight is 277 g/mol. The van der Waals surface area contributed by atoms with Crippen molar-refractivity contribution in [1.29, 1.82) is 0 Å². The molecule has 0 fully saturated rings. The highest BCUT2D eigenvalue weighted by Crippen LogP contribution is 2.28. The molecular weight excluding hydrogens is 262 g/mol. The minimum atomic E-state index is -0.927. The van der Waals surface area contributed by atoms with E-state index in [0.29, 0.717) is 23.4 Å². The van der Waals surface area contributed by atoms with Gasteiger partial charge in [-0.15, -0.1) is 12.6 Å². The average Bonchev–Trinajstić information content (AvgIpc) is 2.41. The van der Waals surface area contributed by atoms with Crippen molar-refractivity contribution in [3.8, 4) is 0 Å². The first-order valence-corrected chi connectivity index (χ1v) is 6.51. The summed E-state index contributed by atoms with van der Waals surface area (Å²) in [5, 5.41) is 11.9. The first-order valence-electron chi connectivity index (χ1n) is 6.06. The molecule has 0 saturated carbocycles. The van der Waals surface area contributed by atoms with Crippen LogP contribution in [0.1, 0.15) is 12.8 Å². The fourth-order valence-electron chi connectivity index (χ4n) is 2.18. The zero-order chi connectivity index (χ0) is 13.8. The van der Waals surface area contributed by atoms with E-state index in [1.54, 1.807) is 18.2 Å². The SMILES string of the molecule is O=C(O)[C@@H]1CC=CC[C@H]1C(=O)Nc1ccccc1S. The largest absolute Gasteiger partial charge is 0.481 e. The second-order valence-electron chi connectivity index (χ2n) is 4.50. The van der Waals surface area contributed by atoms with Crippen molar-refractivity contribution in [3.63, 3.8) is 0 Å². The Morgan fingerprint density at radius 3 is 2.42 bits per heavy atom. The number of benzene rings is 1. The van der Waals surface area contributed by atoms with E-state index >= 15 is 0 Å². The molecular formula is C14H15NO3S. The van der Waals surface area contributed by atoms with E-state index in [-0.39, 0.29) is 5.91 Å². The third kappa shape index (κ3) is 3.17. The molecule has 0 saturated heterocycles. The number of allylic oxidation sites excluding steroid dienone is 2. The smallest absolute Gasteiger partial charge is 0.307 e. The van der Waals surface area contributed by atoms with Crippen LogP contribution in [0.2, 0.25) is 0 Å². The lowest BCUT2D eigenvalue weighted by Crippen LogP contribution is -2.34. The molecule has 1 aromatic carbocycles. The van der Waals surface area contributed by atoms with E-state index < -0.39 is 17.8 Å². The standard InChI is InChI=1S/C14H15NO3S/c16-13(15-11-7-3-4-8-12(11)19)9-5-1-2-6-10(9)14(17)18/h1-4,7-10,19H,5-6H2,(H,15,16)(H,17,18)/t9-,10-/m1/s1. The predicted octanol–water partition coefficient (Wildman–Crippen LogP) is 2.58. The first kappa shape index (κ1) is 13.7. The maximum Gasteiger partial charge on any atom is 0.307 e. The van der Waals surface area contributed by atoms with Gasteiger partial charge in [-0.3, -0.25) is 9.59 Å². The number of carboxylic acids is 1. The fourth-order valence-corrected chi connectivity index (χ4v) is 2.40. The van der Waals surface area contributed by atoms with Gasteiger partial charge in [0.05, 0.1) is 17.5 Å². The van der Waals surface area contributed by atoms with Gasteiger partial charge in [-0.05, 0) is 25.0 Å². The molecule has 2 rings (SSSR count). The van der Waals surface area contributed by atoms with Gasteiger partial charge in [0.15, 0.2) is 0 Å². The van der Waals surface area contributed by atoms with E-state index in [9.17, 15) is 9.59 Å². The molecule has 0 heterocycles. The molecule has 2 N–H and O–H groups in total. The number of anilines is 1. The van der Waals surface area contributed by atoms with Crippen LogP contribution in [0, 0.1) is 11.8 Å². The van der Waals surface area contributed by atoms with E-state index in [0.717, 1.165) is 0 Å². The lowest BCUT2D eigenvalue weighted by molar-refractivity contribution is -0.146. The zero-order valence-electron chi connectivity index (χ0n) is 10.2. The molecule has 19 heavy (non-hydrogen) atoms. The van der Waals surface area contributed by atoms with Crippen molar-refractivity contribution >= 4 is 30.2 Å². The molecule has 0 spiro atoms. The maximum atomic E-state index is 12.2. The molecule has 4 nitrogen and oxygen atoms in total. The Morgan fingerprint density at radius 2 is 1.79 bits per heavy atom. The summed E-state index contributed by atoms with van der Waals surface area (Å²) in [7, 11) is 0. The van der Waals surface area contributed by atoms with Gasteiger partial charge < -0.3 is 10.4 Å². The van der Waals surface area contributed by atoms with Gasteiger partial charge >= 0.3 is 5.97 Å². The van der Waals surface area contributed by atoms with Gasteiger partial charge in [0.25, 0.3) is 0 Å². The lowest BCUT2D eigenvalue weighted by atomic mass is 9.82. The number of aliphatic carboxylic acids is 1. The highest BCUT2D eigenvalue weighted by Gasteiger charge is 2.34. The third-order valence-electron chi connectivity index (χ3n) is 3.25. The van der Waals surface area contributed by atoms with E-state index in [4.69, 9.17) is 5.11 Å². The van der Waals surface area contributed by atoms with Crippen molar-refractivity contribution < 1.29 is 14.7 Å². The second-order valence-corrected chi connectivity index (χ2v) is 4.98. The molecule has 0 unspecified atom stereocenters. The molecule has 0 bridgehead atoms. The second kappa shape index (κ2) is 5.93. The Bertz CT molecular complexity index is 527. The highest BCUT2D eigenvalue weighted by molar-refractivity contribution is 7.80. The molecule has 1 aliphatic carbocycles. The number of nitrogens with one attached hydrogen (secondary N) is 1. The molecule has 2 atom stereocenters. The zero-order valence-corrected chi connectivity index (χ0v) is 11.1. The van der Waals surface area contributed by atoms with Gasteiger partial charge in [0.1, 0.15) is 0 Å². The Balaban J connectivity index is 2.13. The quantitative estimate of drug-likeness (QED) is 0.587. The van der Waals surface area contributed by atoms with Crippen LogP contribution in [0.4, 0.5) is 5.69 Å². The van der Waals surface area contributed by atoms with Gasteiger partial charge in [-0.25, -0.2) is 0 Å². The molecule has 0 radical (unpaired) electrons. The number of carbonyl (C=O) groups is 2. The normalized spacial score (nSPS) is 21.9. The minimum Gasteiger partial charge on any atom is -0.481 e. The highest BCUT2D eigenvalue weighted by atomic mass is 32.1. The molecule has 0 aliphatic heterocycles. The molecule has 1 aromatic rings. The Hall–Kier alpha value is -1.75. The van der Waals surface area contributed by atoms with Gasteiger partial charge in [-0.2, -0.15) is 0 Å². The van der Waals surface area contributed by atoms with Crippen molar-refractivity contribution in [1.82, 2.24) is 0 Å². The van der Waals surface area contributed by atoms with E-state index in [1.807, 2.05) is 18.2 Å². The van der Waals surface area contributed by atoms with Crippen LogP contribution in [0.25, 0.3) is 0 Å². The van der Waals surface area contributed by atoms with Crippen LogP contribution in [0.15, 0.2) is 41.3 Å². The van der Waals surface area contributed by atoms with Crippen molar-refractivity contribution in [2.24, 2.45) is 11.8 Å². The molecule has 1 amide bonds. The molecule has 5 heteroatoms. The number of para-hydroxylation sites is 1. The summed E-state index contributed by atoms with van der Waals surface area (Å²) in [5.74, 6) is -2.38. The Labute approximate surface area is 116 Å². The monoisotopic (exact) mass is 277 g/mol. The van der Waals surface area contributed by atoms with Crippen LogP contribution >= 0.6 is 12.6 Å². The number of rotatable bonds is 3. The summed E-state index contributed by atoms with van der Waals surface area (Å²) < 4.78 is 0. The van der Waals surface area contributed by atoms with Crippen molar-refractivity contribution in [3.05, 3.63) is 36.4 Å². The minimum absolute atomic E-state index is 0.266. The first-order chi connectivity index (χ1) is 9.09. The molecule has 100 valence electrons. The van der Waals surface area contributed by atoms with Crippen LogP contribution in [0.3, 0.4) is 0 Å². The summed E-state index contributed by atoms with van der Waals surface area (Å²) in [4.78, 5) is 24.0. The molecule has 0 aromatic heterocycles. The fraction of sp³-hybridized carbons (Fsp3) is 0.286.